The zero-order valence-corrected chi connectivity index (χ0v) is 13.5. The lowest BCUT2D eigenvalue weighted by atomic mass is 10.1. The number of amides is 2. The summed E-state index contributed by atoms with van der Waals surface area (Å²) in [6.45, 7) is 5.42. The minimum Gasteiger partial charge on any atom is -0.375 e. The van der Waals surface area contributed by atoms with Crippen LogP contribution in [0.25, 0.3) is 0 Å². The summed E-state index contributed by atoms with van der Waals surface area (Å²) in [5, 5.41) is 7.95. The fourth-order valence-electron chi connectivity index (χ4n) is 2.31. The van der Waals surface area contributed by atoms with Gasteiger partial charge in [-0.15, -0.1) is 0 Å². The zero-order chi connectivity index (χ0) is 16.3. The van der Waals surface area contributed by atoms with Gasteiger partial charge >= 0.3 is 6.03 Å². The molecule has 7 nitrogen and oxygen atoms in total. The van der Waals surface area contributed by atoms with E-state index in [1.165, 1.54) is 12.1 Å². The molecule has 0 aliphatic carbocycles. The summed E-state index contributed by atoms with van der Waals surface area (Å²) in [6.07, 6.45) is 0.0313. The molecular formula is C14H21N3O4S. The van der Waals surface area contributed by atoms with Crippen LogP contribution in [-0.2, 0) is 14.8 Å². The van der Waals surface area contributed by atoms with Crippen LogP contribution in [0.5, 0.6) is 0 Å². The van der Waals surface area contributed by atoms with Gasteiger partial charge in [0.1, 0.15) is 0 Å². The number of primary sulfonamides is 1. The molecule has 1 aliphatic heterocycles. The van der Waals surface area contributed by atoms with Gasteiger partial charge in [-0.2, -0.15) is 0 Å². The highest BCUT2D eigenvalue weighted by atomic mass is 32.2. The molecular weight excluding hydrogens is 306 g/mol. The SMILES string of the molecule is C[C@@H]1CN(C(=O)N[C@H](C)c2ccc(S(N)(=O)=O)cc2)CCO1. The molecule has 2 atom stereocenters. The third-order valence-corrected chi connectivity index (χ3v) is 4.51. The Labute approximate surface area is 130 Å². The zero-order valence-electron chi connectivity index (χ0n) is 12.7. The van der Waals surface area contributed by atoms with Crippen LogP contribution in [0.4, 0.5) is 4.79 Å². The van der Waals surface area contributed by atoms with Gasteiger partial charge in [0, 0.05) is 13.1 Å². The second-order valence-electron chi connectivity index (χ2n) is 5.41. The van der Waals surface area contributed by atoms with Crippen LogP contribution in [0.15, 0.2) is 29.2 Å². The molecule has 0 radical (unpaired) electrons. The van der Waals surface area contributed by atoms with Crippen molar-refractivity contribution < 1.29 is 17.9 Å². The van der Waals surface area contributed by atoms with Gasteiger partial charge in [-0.25, -0.2) is 18.4 Å². The summed E-state index contributed by atoms with van der Waals surface area (Å²) >= 11 is 0. The van der Waals surface area contributed by atoms with Gasteiger partial charge in [-0.1, -0.05) is 12.1 Å². The summed E-state index contributed by atoms with van der Waals surface area (Å²) in [4.78, 5) is 14.0. The highest BCUT2D eigenvalue weighted by Crippen LogP contribution is 2.16. The predicted octanol–water partition coefficient (Wildman–Crippen LogP) is 0.825. The highest BCUT2D eigenvalue weighted by molar-refractivity contribution is 7.89. The Morgan fingerprint density at radius 2 is 2.05 bits per heavy atom. The van der Waals surface area contributed by atoms with Crippen molar-refractivity contribution in [2.45, 2.75) is 30.9 Å². The molecule has 0 unspecified atom stereocenters. The molecule has 22 heavy (non-hydrogen) atoms. The Kier molecular flexibility index (Phi) is 5.05. The summed E-state index contributed by atoms with van der Waals surface area (Å²) < 4.78 is 27.8. The van der Waals surface area contributed by atoms with Crippen LogP contribution < -0.4 is 10.5 Å². The molecule has 0 spiro atoms. The first-order valence-electron chi connectivity index (χ1n) is 7.07. The Morgan fingerprint density at radius 3 is 2.59 bits per heavy atom. The van der Waals surface area contributed by atoms with E-state index < -0.39 is 10.0 Å². The fraction of sp³-hybridized carbons (Fsp3) is 0.500. The normalized spacial score (nSPS) is 20.5. The number of ether oxygens (including phenoxy) is 1. The van der Waals surface area contributed by atoms with Crippen molar-refractivity contribution in [1.82, 2.24) is 10.2 Å². The maximum atomic E-state index is 12.2. The quantitative estimate of drug-likeness (QED) is 0.858. The molecule has 1 saturated heterocycles. The topological polar surface area (TPSA) is 102 Å². The summed E-state index contributed by atoms with van der Waals surface area (Å²) in [5.41, 5.74) is 0.807. The number of sulfonamides is 1. The average molecular weight is 327 g/mol. The van der Waals surface area contributed by atoms with Gasteiger partial charge in [0.15, 0.2) is 0 Å². The standard InChI is InChI=1S/C14H21N3O4S/c1-10-9-17(7-8-21-10)14(18)16-11(2)12-3-5-13(6-4-12)22(15,19)20/h3-6,10-11H,7-9H2,1-2H3,(H,16,18)(H2,15,19,20)/t10-,11-/m1/s1. The van der Waals surface area contributed by atoms with Gasteiger partial charge in [0.2, 0.25) is 10.0 Å². The number of hydrogen-bond acceptors (Lipinski definition) is 4. The van der Waals surface area contributed by atoms with Crippen molar-refractivity contribution in [2.24, 2.45) is 5.14 Å². The molecule has 122 valence electrons. The maximum Gasteiger partial charge on any atom is 0.318 e. The third-order valence-electron chi connectivity index (χ3n) is 3.58. The van der Waals surface area contributed by atoms with Crippen LogP contribution >= 0.6 is 0 Å². The number of nitrogens with one attached hydrogen (secondary N) is 1. The molecule has 1 aliphatic rings. The summed E-state index contributed by atoms with van der Waals surface area (Å²) in [6, 6.07) is 5.77. The van der Waals surface area contributed by atoms with Gasteiger partial charge < -0.3 is 15.0 Å². The molecule has 1 heterocycles. The van der Waals surface area contributed by atoms with E-state index in [2.05, 4.69) is 5.32 Å². The predicted molar refractivity (Wildman–Crippen MR) is 81.7 cm³/mol. The Balaban J connectivity index is 1.99. The lowest BCUT2D eigenvalue weighted by Gasteiger charge is -2.32. The van der Waals surface area contributed by atoms with E-state index in [1.807, 2.05) is 13.8 Å². The smallest absolute Gasteiger partial charge is 0.318 e. The van der Waals surface area contributed by atoms with Gasteiger partial charge in [-0.3, -0.25) is 0 Å². The Hall–Kier alpha value is -1.64. The van der Waals surface area contributed by atoms with E-state index >= 15 is 0 Å². The number of rotatable bonds is 3. The van der Waals surface area contributed by atoms with Gasteiger partial charge in [-0.05, 0) is 31.5 Å². The fourth-order valence-corrected chi connectivity index (χ4v) is 2.82. The molecule has 1 aromatic carbocycles. The molecule has 3 N–H and O–H groups in total. The number of morpholine rings is 1. The third kappa shape index (κ3) is 4.19. The minimum atomic E-state index is -3.70. The van der Waals surface area contributed by atoms with Crippen LogP contribution in [0.3, 0.4) is 0 Å². The first kappa shape index (κ1) is 16.7. The molecule has 2 amide bonds. The van der Waals surface area contributed by atoms with Crippen molar-refractivity contribution in [3.63, 3.8) is 0 Å². The largest absolute Gasteiger partial charge is 0.375 e. The first-order valence-corrected chi connectivity index (χ1v) is 8.62. The summed E-state index contributed by atoms with van der Waals surface area (Å²) in [5.74, 6) is 0. The summed E-state index contributed by atoms with van der Waals surface area (Å²) in [7, 11) is -3.70. The number of carbonyl (C=O) groups is 1. The van der Waals surface area contributed by atoms with Crippen molar-refractivity contribution in [1.29, 1.82) is 0 Å². The number of carbonyl (C=O) groups excluding carboxylic acids is 1. The van der Waals surface area contributed by atoms with Crippen LogP contribution in [0, 0.1) is 0 Å². The lowest BCUT2D eigenvalue weighted by molar-refractivity contribution is -0.00380. The first-order chi connectivity index (χ1) is 10.3. The molecule has 0 aromatic heterocycles. The number of benzene rings is 1. The van der Waals surface area contributed by atoms with E-state index in [0.717, 1.165) is 5.56 Å². The van der Waals surface area contributed by atoms with Crippen LogP contribution in [-0.4, -0.2) is 45.1 Å². The van der Waals surface area contributed by atoms with Gasteiger partial charge in [0.25, 0.3) is 0 Å². The average Bonchev–Trinajstić information content (AvgIpc) is 2.46. The highest BCUT2D eigenvalue weighted by Gasteiger charge is 2.22. The van der Waals surface area contributed by atoms with E-state index in [1.54, 1.807) is 17.0 Å². The van der Waals surface area contributed by atoms with E-state index in [0.29, 0.717) is 19.7 Å². The maximum absolute atomic E-state index is 12.2. The number of nitrogens with zero attached hydrogens (tertiary/aromatic N) is 1. The molecule has 1 fully saturated rings. The Morgan fingerprint density at radius 1 is 1.41 bits per heavy atom. The molecule has 8 heteroatoms. The van der Waals surface area contributed by atoms with Gasteiger partial charge in [0.05, 0.1) is 23.6 Å². The second-order valence-corrected chi connectivity index (χ2v) is 6.97. The molecule has 0 bridgehead atoms. The number of urea groups is 1. The van der Waals surface area contributed by atoms with Crippen molar-refractivity contribution in [3.05, 3.63) is 29.8 Å². The second kappa shape index (κ2) is 6.64. The lowest BCUT2D eigenvalue weighted by Crippen LogP contribution is -2.49. The Bertz CT molecular complexity index is 630. The van der Waals surface area contributed by atoms with E-state index in [4.69, 9.17) is 9.88 Å². The van der Waals surface area contributed by atoms with Crippen LogP contribution in [0.2, 0.25) is 0 Å². The molecule has 2 rings (SSSR count). The van der Waals surface area contributed by atoms with Crippen molar-refractivity contribution >= 4 is 16.1 Å². The van der Waals surface area contributed by atoms with E-state index in [-0.39, 0.29) is 23.1 Å². The van der Waals surface area contributed by atoms with Crippen molar-refractivity contribution in [3.8, 4) is 0 Å². The van der Waals surface area contributed by atoms with Crippen LogP contribution in [0.1, 0.15) is 25.5 Å². The number of nitrogens with two attached hydrogens (primary N) is 1. The minimum absolute atomic E-state index is 0.0313. The molecule has 0 saturated carbocycles. The monoisotopic (exact) mass is 327 g/mol. The van der Waals surface area contributed by atoms with E-state index in [9.17, 15) is 13.2 Å². The molecule has 1 aromatic rings. The van der Waals surface area contributed by atoms with Crippen molar-refractivity contribution in [2.75, 3.05) is 19.7 Å². The number of hydrogen-bond donors (Lipinski definition) is 2.